The second-order valence-corrected chi connectivity index (χ2v) is 19.3. The first kappa shape index (κ1) is 45.4. The van der Waals surface area contributed by atoms with Crippen LogP contribution < -0.4 is 14.9 Å². The third kappa shape index (κ3) is 9.80. The van der Waals surface area contributed by atoms with E-state index in [1.165, 1.54) is 49.8 Å². The fourth-order valence-electron chi connectivity index (χ4n) is 8.30. The Morgan fingerprint density at radius 2 is 0.921 bits per heavy atom. The van der Waals surface area contributed by atoms with Crippen LogP contribution >= 0.6 is 0 Å². The Balaban J connectivity index is 0.000000359. The van der Waals surface area contributed by atoms with E-state index in [1.807, 2.05) is 12.1 Å². The molecule has 1 aliphatic heterocycles. The van der Waals surface area contributed by atoms with Crippen molar-refractivity contribution < 1.29 is 22.4 Å². The van der Waals surface area contributed by atoms with Crippen molar-refractivity contribution in [2.75, 3.05) is 9.91 Å². The molecule has 325 valence electrons. The van der Waals surface area contributed by atoms with Crippen LogP contribution in [0.1, 0.15) is 109 Å². The van der Waals surface area contributed by atoms with Crippen LogP contribution in [0.2, 0.25) is 0 Å². The summed E-state index contributed by atoms with van der Waals surface area (Å²) in [6.07, 6.45) is 0. The Labute approximate surface area is 391 Å². The minimum absolute atomic E-state index is 0. The molecule has 0 spiro atoms. The van der Waals surface area contributed by atoms with E-state index in [0.717, 1.165) is 39.2 Å². The number of hydrogen-bond acceptors (Lipinski definition) is 3. The maximum atomic E-state index is 5.52. The van der Waals surface area contributed by atoms with Crippen molar-refractivity contribution in [1.29, 1.82) is 0 Å². The van der Waals surface area contributed by atoms with Gasteiger partial charge in [-0.05, 0) is 108 Å². The molecule has 7 aromatic carbocycles. The first-order valence-electron chi connectivity index (χ1n) is 22.1. The van der Waals surface area contributed by atoms with Crippen molar-refractivity contribution in [3.05, 3.63) is 198 Å². The van der Waals surface area contributed by atoms with Gasteiger partial charge in [-0.3, -0.25) is 0 Å². The number of nitrogens with zero attached hydrogens (tertiary/aromatic N) is 4. The van der Waals surface area contributed by atoms with E-state index >= 15 is 0 Å². The van der Waals surface area contributed by atoms with Crippen LogP contribution in [0.15, 0.2) is 169 Å². The van der Waals surface area contributed by atoms with Crippen LogP contribution in [-0.2, 0) is 33.2 Å². The van der Waals surface area contributed by atoms with Crippen molar-refractivity contribution in [1.82, 2.24) is 4.98 Å². The molecule has 4 nitrogen and oxygen atoms in total. The number of anilines is 2. The second kappa shape index (κ2) is 18.6. The van der Waals surface area contributed by atoms with Crippen molar-refractivity contribution >= 4 is 39.0 Å². The van der Waals surface area contributed by atoms with Crippen LogP contribution in [0.3, 0.4) is 0 Å². The summed E-state index contributed by atoms with van der Waals surface area (Å²) in [6, 6.07) is 58.5. The van der Waals surface area contributed by atoms with Crippen LogP contribution in [0.25, 0.3) is 44.1 Å². The Morgan fingerprint density at radius 3 is 1.37 bits per heavy atom. The van der Waals surface area contributed by atoms with Gasteiger partial charge < -0.3 is 14.9 Å². The maximum Gasteiger partial charge on any atom is 0.129 e. The van der Waals surface area contributed by atoms with E-state index in [9.17, 15) is 0 Å². The predicted octanol–water partition coefficient (Wildman–Crippen LogP) is 15.6. The molecule has 0 unspecified atom stereocenters. The van der Waals surface area contributed by atoms with E-state index in [1.54, 1.807) is 0 Å². The molecule has 0 saturated carbocycles. The number of hydrazone groups is 1. The molecule has 0 N–H and O–H groups in total. The Morgan fingerprint density at radius 1 is 0.476 bits per heavy atom. The van der Waals surface area contributed by atoms with Crippen LogP contribution in [0, 0.1) is 6.67 Å². The van der Waals surface area contributed by atoms with E-state index in [4.69, 9.17) is 5.10 Å². The zero-order valence-corrected chi connectivity index (χ0v) is 40.6. The number of benzene rings is 7. The SMILES string of the molecule is CC(C)c1cccc(C(C)C)c1N1[CH-]N(c2cc(-c3ccccc3)cc(-c3ccccc3)c2)N=C1c1cc(C(C)(C)C)cc(C(C)(C)C)c1.[Au].c1ccc2c(c1)[n-]c1ccccc12. The van der Waals surface area contributed by atoms with Crippen LogP contribution in [0.4, 0.5) is 11.4 Å². The molecule has 8 aromatic rings. The zero-order valence-electron chi connectivity index (χ0n) is 38.4. The minimum atomic E-state index is -0.0169. The first-order chi connectivity index (χ1) is 29.7. The molecule has 0 saturated heterocycles. The molecular formula is C58H60AuN4-2. The molecule has 0 atom stereocenters. The summed E-state index contributed by atoms with van der Waals surface area (Å²) in [4.78, 5) is 6.89. The van der Waals surface area contributed by atoms with Crippen LogP contribution in [0.5, 0.6) is 0 Å². The molecule has 0 aliphatic carbocycles. The van der Waals surface area contributed by atoms with E-state index in [2.05, 4.69) is 242 Å². The molecule has 0 bridgehead atoms. The Bertz CT molecular complexity index is 2690. The van der Waals surface area contributed by atoms with Gasteiger partial charge in [0.2, 0.25) is 0 Å². The molecule has 0 amide bonds. The summed E-state index contributed by atoms with van der Waals surface area (Å²) >= 11 is 0. The number of aromatic nitrogens is 1. The number of amidine groups is 1. The van der Waals surface area contributed by atoms with Crippen molar-refractivity contribution in [2.24, 2.45) is 5.10 Å². The van der Waals surface area contributed by atoms with Gasteiger partial charge in [-0.15, -0.1) is 17.7 Å². The second-order valence-electron chi connectivity index (χ2n) is 19.3. The summed E-state index contributed by atoms with van der Waals surface area (Å²) in [6.45, 7) is 25.2. The fraction of sp³-hybridized carbons (Fsp3) is 0.241. The van der Waals surface area contributed by atoms with Crippen LogP contribution in [-0.4, -0.2) is 5.84 Å². The molecular weight excluding hydrogens is 950 g/mol. The fourth-order valence-corrected chi connectivity index (χ4v) is 8.30. The average molecular weight is 1010 g/mol. The summed E-state index contributed by atoms with van der Waals surface area (Å²) < 4.78 is 0. The van der Waals surface area contributed by atoms with Crippen molar-refractivity contribution in [3.8, 4) is 22.3 Å². The molecule has 2 heterocycles. The molecule has 1 radical (unpaired) electrons. The molecule has 9 rings (SSSR count). The number of rotatable bonds is 7. The molecule has 5 heteroatoms. The van der Waals surface area contributed by atoms with Gasteiger partial charge in [-0.25, -0.2) is 0 Å². The maximum absolute atomic E-state index is 5.52. The third-order valence-corrected chi connectivity index (χ3v) is 11.9. The standard InChI is InChI=1S/C46H52N3.C12H8N.Au/c1-31(2)41-22-17-23-42(32(3)4)43(41)48-30-49(47-44(48)37-25-38(45(5,6)7)29-39(26-37)46(8,9)10)40-27-35(33-18-13-11-14-19-33)24-36(28-40)34-20-15-12-16-21-34;1-3-7-11-9(5-1)10-6-2-4-8-12(10)13-11;/h11-32H,1-10H3;1-8H;/q2*-1;. The van der Waals surface area contributed by atoms with Gasteiger partial charge in [0.25, 0.3) is 0 Å². The Kier molecular flexibility index (Phi) is 13.4. The average Bonchev–Trinajstić information content (AvgIpc) is 3.89. The van der Waals surface area contributed by atoms with E-state index in [-0.39, 0.29) is 33.2 Å². The number of fused-ring (bicyclic) bond motifs is 3. The number of hydrogen-bond donors (Lipinski definition) is 0. The monoisotopic (exact) mass is 1010 g/mol. The van der Waals surface area contributed by atoms with E-state index in [0.29, 0.717) is 11.8 Å². The number of para-hydroxylation sites is 3. The first-order valence-corrected chi connectivity index (χ1v) is 22.1. The third-order valence-electron chi connectivity index (χ3n) is 11.9. The predicted molar refractivity (Wildman–Crippen MR) is 266 cm³/mol. The Hall–Kier alpha value is -5.65. The summed E-state index contributed by atoms with van der Waals surface area (Å²) in [5, 5.41) is 10.1. The van der Waals surface area contributed by atoms with Gasteiger partial charge in [0.15, 0.2) is 0 Å². The van der Waals surface area contributed by atoms with Gasteiger partial charge in [-0.2, -0.15) is 5.10 Å². The van der Waals surface area contributed by atoms with Gasteiger partial charge >= 0.3 is 0 Å². The van der Waals surface area contributed by atoms with Gasteiger partial charge in [0.1, 0.15) is 5.84 Å². The normalized spacial score (nSPS) is 13.0. The van der Waals surface area contributed by atoms with Gasteiger partial charge in [0, 0.05) is 39.3 Å². The van der Waals surface area contributed by atoms with Crippen molar-refractivity contribution in [2.45, 2.75) is 91.9 Å². The quantitative estimate of drug-likeness (QED) is 0.118. The van der Waals surface area contributed by atoms with Gasteiger partial charge in [0.05, 0.1) is 0 Å². The molecule has 0 fully saturated rings. The van der Waals surface area contributed by atoms with Crippen molar-refractivity contribution in [3.63, 3.8) is 0 Å². The smallest absolute Gasteiger partial charge is 0.129 e. The molecule has 1 aliphatic rings. The largest absolute Gasteiger partial charge is 0.657 e. The summed E-state index contributed by atoms with van der Waals surface area (Å²) in [5.74, 6) is 1.63. The summed E-state index contributed by atoms with van der Waals surface area (Å²) in [7, 11) is 0. The zero-order chi connectivity index (χ0) is 43.8. The topological polar surface area (TPSA) is 32.9 Å². The molecule has 63 heavy (non-hydrogen) atoms. The van der Waals surface area contributed by atoms with Gasteiger partial charge in [-0.1, -0.05) is 203 Å². The minimum Gasteiger partial charge on any atom is -0.657 e. The molecule has 1 aromatic heterocycles. The van der Waals surface area contributed by atoms with E-state index < -0.39 is 0 Å². The summed E-state index contributed by atoms with van der Waals surface area (Å²) in [5.41, 5.74) is 15.5.